The molecule has 2 atom stereocenters. The predicted molar refractivity (Wildman–Crippen MR) is 149 cm³/mol. The first kappa shape index (κ1) is 38.6. The number of carbonyl (C=O) groups is 1. The summed E-state index contributed by atoms with van der Waals surface area (Å²) in [5, 5.41) is 2.80. The molecule has 0 aromatic carbocycles. The van der Waals surface area contributed by atoms with Gasteiger partial charge in [0, 0.05) is 20.1 Å². The normalized spacial score (nSPS) is 14.1. The molecule has 0 spiro atoms. The third kappa shape index (κ3) is 28.3. The Bertz CT molecular complexity index is 573. The monoisotopic (exact) mass is 554 g/mol. The molecule has 0 bridgehead atoms. The van der Waals surface area contributed by atoms with Crippen molar-refractivity contribution in [2.24, 2.45) is 0 Å². The van der Waals surface area contributed by atoms with Gasteiger partial charge in [-0.3, -0.25) is 9.36 Å². The van der Waals surface area contributed by atoms with Gasteiger partial charge >= 0.3 is 0 Å². The average molecular weight is 555 g/mol. The van der Waals surface area contributed by atoms with Gasteiger partial charge in [-0.15, -0.1) is 0 Å². The molecular formula is C27H59N2O7P. The van der Waals surface area contributed by atoms with Crippen molar-refractivity contribution in [1.29, 1.82) is 0 Å². The maximum Gasteiger partial charge on any atom is 0.268 e. The molecule has 224 valence electrons. The highest BCUT2D eigenvalue weighted by Gasteiger charge is 2.17. The zero-order valence-electron chi connectivity index (χ0n) is 24.6. The molecular weight excluding hydrogens is 495 g/mol. The second kappa shape index (κ2) is 24.5. The number of methoxy groups -OCH3 is 1. The summed E-state index contributed by atoms with van der Waals surface area (Å²) in [4.78, 5) is 24.0. The van der Waals surface area contributed by atoms with Crippen LogP contribution in [0.15, 0.2) is 0 Å². The summed E-state index contributed by atoms with van der Waals surface area (Å²) in [5.41, 5.74) is 0. The minimum atomic E-state index is -4.39. The zero-order valence-corrected chi connectivity index (χ0v) is 25.5. The van der Waals surface area contributed by atoms with E-state index in [4.69, 9.17) is 13.8 Å². The second-order valence-electron chi connectivity index (χ2n) is 11.0. The van der Waals surface area contributed by atoms with Crippen molar-refractivity contribution in [2.45, 2.75) is 116 Å². The van der Waals surface area contributed by atoms with Crippen molar-refractivity contribution >= 4 is 13.7 Å². The van der Waals surface area contributed by atoms with E-state index >= 15 is 0 Å². The van der Waals surface area contributed by atoms with Gasteiger partial charge in [-0.1, -0.05) is 96.8 Å². The smallest absolute Gasteiger partial charge is 0.268 e. The van der Waals surface area contributed by atoms with Crippen molar-refractivity contribution < 1.29 is 38.0 Å². The number of amides is 1. The van der Waals surface area contributed by atoms with Gasteiger partial charge in [0.25, 0.3) is 7.82 Å². The lowest BCUT2D eigenvalue weighted by Crippen LogP contribution is -2.38. The molecule has 0 radical (unpaired) electrons. The van der Waals surface area contributed by atoms with E-state index in [0.29, 0.717) is 17.4 Å². The number of carbonyl (C=O) groups excluding carboxylic acids is 1. The Hall–Kier alpha value is -0.540. The van der Waals surface area contributed by atoms with Gasteiger partial charge in [-0.2, -0.15) is 0 Å². The molecule has 2 unspecified atom stereocenters. The van der Waals surface area contributed by atoms with Crippen LogP contribution in [-0.4, -0.2) is 76.5 Å². The van der Waals surface area contributed by atoms with E-state index in [1.807, 2.05) is 21.1 Å². The summed E-state index contributed by atoms with van der Waals surface area (Å²) in [6, 6.07) is 0. The van der Waals surface area contributed by atoms with Gasteiger partial charge in [0.05, 0.1) is 33.9 Å². The largest absolute Gasteiger partial charge is 0.756 e. The molecule has 0 aromatic heterocycles. The highest BCUT2D eigenvalue weighted by atomic mass is 31.2. The first-order valence-corrected chi connectivity index (χ1v) is 15.8. The van der Waals surface area contributed by atoms with E-state index in [2.05, 4.69) is 12.2 Å². The minimum absolute atomic E-state index is 0. The van der Waals surface area contributed by atoms with E-state index in [0.717, 1.165) is 12.8 Å². The Morgan fingerprint density at radius 1 is 0.838 bits per heavy atom. The van der Waals surface area contributed by atoms with Crippen molar-refractivity contribution in [3.05, 3.63) is 0 Å². The number of unbranched alkanes of at least 4 members (excludes halogenated alkanes) is 14. The van der Waals surface area contributed by atoms with E-state index in [1.54, 1.807) is 0 Å². The van der Waals surface area contributed by atoms with E-state index < -0.39 is 13.9 Å². The van der Waals surface area contributed by atoms with Gasteiger partial charge in [-0.25, -0.2) is 0 Å². The predicted octanol–water partition coefficient (Wildman–Crippen LogP) is 4.76. The quantitative estimate of drug-likeness (QED) is 0.0932. The van der Waals surface area contributed by atoms with Crippen LogP contribution in [-0.2, 0) is 23.1 Å². The molecule has 0 aliphatic carbocycles. The van der Waals surface area contributed by atoms with Gasteiger partial charge in [0.2, 0.25) is 5.91 Å². The molecule has 0 fully saturated rings. The Morgan fingerprint density at radius 3 is 1.73 bits per heavy atom. The Balaban J connectivity index is 0. The molecule has 37 heavy (non-hydrogen) atoms. The second-order valence-corrected chi connectivity index (χ2v) is 12.4. The highest BCUT2D eigenvalue weighted by molar-refractivity contribution is 7.45. The van der Waals surface area contributed by atoms with Crippen LogP contribution in [0.1, 0.15) is 110 Å². The van der Waals surface area contributed by atoms with Crippen LogP contribution in [0.3, 0.4) is 0 Å². The Labute approximate surface area is 227 Å². The number of phosphoric acid groups is 1. The highest BCUT2D eigenvalue weighted by Crippen LogP contribution is 2.38. The molecule has 0 saturated carbocycles. The van der Waals surface area contributed by atoms with Crippen molar-refractivity contribution in [1.82, 2.24) is 5.32 Å². The van der Waals surface area contributed by atoms with Gasteiger partial charge in [0.15, 0.2) is 0 Å². The number of hydrogen-bond donors (Lipinski definition) is 1. The van der Waals surface area contributed by atoms with E-state index in [9.17, 15) is 14.3 Å². The SMILES string of the molecule is CCCCCCCCCCCCCCCCCC(=O)NCC(COP(=O)([O-])OCC[N+](C)(C)C)OC.O. The van der Waals surface area contributed by atoms with Crippen molar-refractivity contribution in [3.63, 3.8) is 0 Å². The summed E-state index contributed by atoms with van der Waals surface area (Å²) < 4.78 is 27.5. The number of nitrogens with zero attached hydrogens (tertiary/aromatic N) is 1. The maximum atomic E-state index is 12.1. The fraction of sp³-hybridized carbons (Fsp3) is 0.963. The van der Waals surface area contributed by atoms with Crippen LogP contribution in [0.4, 0.5) is 0 Å². The molecule has 9 nitrogen and oxygen atoms in total. The molecule has 0 aromatic rings. The van der Waals surface area contributed by atoms with Crippen molar-refractivity contribution in [3.8, 4) is 0 Å². The molecule has 0 aliphatic rings. The summed E-state index contributed by atoms with van der Waals surface area (Å²) in [7, 11) is 2.91. The summed E-state index contributed by atoms with van der Waals surface area (Å²) in [5.74, 6) is -0.0451. The molecule has 0 aliphatic heterocycles. The number of quaternary nitrogens is 1. The molecule has 3 N–H and O–H groups in total. The van der Waals surface area contributed by atoms with Gasteiger partial charge in [0.1, 0.15) is 13.2 Å². The number of rotatable bonds is 26. The first-order valence-electron chi connectivity index (χ1n) is 14.3. The Morgan fingerprint density at radius 2 is 1.30 bits per heavy atom. The molecule has 0 heterocycles. The van der Waals surface area contributed by atoms with Crippen molar-refractivity contribution in [2.75, 3.05) is 54.6 Å². The minimum Gasteiger partial charge on any atom is -0.756 e. The van der Waals surface area contributed by atoms with Crippen LogP contribution in [0, 0.1) is 0 Å². The number of likely N-dealkylation sites (N-methyl/N-ethyl adjacent to an activating group) is 1. The standard InChI is InChI=1S/C27H57N2O6P.H2O/c1-6-7-8-9-10-11-12-13-14-15-16-17-18-19-20-21-27(30)28-24-26(33-5)25-35-36(31,32)34-23-22-29(2,3)4;/h26H,6-25H2,1-5H3,(H-,28,30,31,32);1H2. The maximum absolute atomic E-state index is 12.1. The third-order valence-electron chi connectivity index (χ3n) is 6.30. The van der Waals surface area contributed by atoms with Crippen LogP contribution in [0.25, 0.3) is 0 Å². The lowest BCUT2D eigenvalue weighted by Gasteiger charge is -2.28. The van der Waals surface area contributed by atoms with Crippen LogP contribution in [0.2, 0.25) is 0 Å². The Kier molecular flexibility index (Phi) is 25.6. The number of phosphoric ester groups is 1. The number of hydrogen-bond acceptors (Lipinski definition) is 6. The molecule has 10 heteroatoms. The first-order chi connectivity index (χ1) is 17.1. The molecule has 0 saturated heterocycles. The zero-order chi connectivity index (χ0) is 27.1. The van der Waals surface area contributed by atoms with Crippen LogP contribution < -0.4 is 10.2 Å². The summed E-state index contributed by atoms with van der Waals surface area (Å²) in [6.45, 7) is 2.86. The summed E-state index contributed by atoms with van der Waals surface area (Å²) in [6.07, 6.45) is 19.3. The van der Waals surface area contributed by atoms with E-state index in [1.165, 1.54) is 90.6 Å². The van der Waals surface area contributed by atoms with Crippen LogP contribution >= 0.6 is 7.82 Å². The number of ether oxygens (including phenoxy) is 1. The number of nitrogens with one attached hydrogen (secondary N) is 1. The fourth-order valence-corrected chi connectivity index (χ4v) is 4.55. The topological polar surface area (TPSA) is 128 Å². The lowest BCUT2D eigenvalue weighted by atomic mass is 10.0. The average Bonchev–Trinajstić information content (AvgIpc) is 2.80. The third-order valence-corrected chi connectivity index (χ3v) is 7.26. The molecule has 1 amide bonds. The fourth-order valence-electron chi connectivity index (χ4n) is 3.82. The van der Waals surface area contributed by atoms with Gasteiger partial charge < -0.3 is 34.0 Å². The molecule has 0 rings (SSSR count). The summed E-state index contributed by atoms with van der Waals surface area (Å²) >= 11 is 0. The van der Waals surface area contributed by atoms with Gasteiger partial charge in [-0.05, 0) is 6.42 Å². The lowest BCUT2D eigenvalue weighted by molar-refractivity contribution is -0.870. The van der Waals surface area contributed by atoms with E-state index in [-0.39, 0.29) is 31.1 Å². The van der Waals surface area contributed by atoms with Crippen LogP contribution in [0.5, 0.6) is 0 Å².